The van der Waals surface area contributed by atoms with E-state index in [9.17, 15) is 14.4 Å². The van der Waals surface area contributed by atoms with Crippen LogP contribution in [-0.2, 0) is 25.6 Å². The molecule has 0 saturated carbocycles. The Hall–Kier alpha value is -3.48. The highest BCUT2D eigenvalue weighted by Crippen LogP contribution is 2.27. The summed E-state index contributed by atoms with van der Waals surface area (Å²) in [4.78, 5) is 51.8. The van der Waals surface area contributed by atoms with Gasteiger partial charge in [-0.15, -0.1) is 0 Å². The van der Waals surface area contributed by atoms with Crippen LogP contribution in [0.1, 0.15) is 48.2 Å². The summed E-state index contributed by atoms with van der Waals surface area (Å²) < 4.78 is 18.0. The Kier molecular flexibility index (Phi) is 9.01. The first kappa shape index (κ1) is 28.6. The molecule has 4 aliphatic rings. The van der Waals surface area contributed by atoms with Crippen LogP contribution >= 0.6 is 0 Å². The largest absolute Gasteiger partial charge is 0.493 e. The third-order valence-corrected chi connectivity index (χ3v) is 8.80. The van der Waals surface area contributed by atoms with Crippen LogP contribution in [0.5, 0.6) is 5.75 Å². The zero-order valence-corrected chi connectivity index (χ0v) is 23.8. The van der Waals surface area contributed by atoms with Crippen molar-refractivity contribution in [2.75, 3.05) is 46.0 Å². The molecule has 42 heavy (non-hydrogen) atoms. The summed E-state index contributed by atoms with van der Waals surface area (Å²) in [6.07, 6.45) is 6.52. The van der Waals surface area contributed by atoms with Crippen LogP contribution < -0.4 is 15.4 Å². The monoisotopic (exact) mass is 580 g/mol. The molecule has 6 rings (SSSR count). The van der Waals surface area contributed by atoms with Crippen LogP contribution in [-0.4, -0.2) is 108 Å². The maximum Gasteiger partial charge on any atom is 0.258 e. The number of aromatic nitrogens is 2. The number of amides is 3. The fourth-order valence-corrected chi connectivity index (χ4v) is 6.40. The second-order valence-corrected chi connectivity index (χ2v) is 11.6. The molecule has 3 amide bonds. The van der Waals surface area contributed by atoms with Gasteiger partial charge in [0.25, 0.3) is 5.91 Å². The summed E-state index contributed by atoms with van der Waals surface area (Å²) in [7, 11) is 0. The lowest BCUT2D eigenvalue weighted by atomic mass is 9.94. The maximum absolute atomic E-state index is 13.9. The topological polar surface area (TPSA) is 138 Å². The minimum Gasteiger partial charge on any atom is -0.493 e. The number of piperazine rings is 1. The molecule has 226 valence electrons. The third-order valence-electron chi connectivity index (χ3n) is 8.80. The van der Waals surface area contributed by atoms with Gasteiger partial charge in [-0.1, -0.05) is 12.1 Å². The number of para-hydroxylation sites is 1. The van der Waals surface area contributed by atoms with Crippen LogP contribution in [0.15, 0.2) is 36.8 Å². The minimum absolute atomic E-state index is 0.0227. The standard InChI is InChI=1S/C30H40N6O6/c37-28(20-7-12-40-13-8-20)34-24-6-5-22-9-14-41-26-4-2-1-3-23(26)30(39)36-11-10-35(17-21-15-31-19-33-21)18-25(36)29(38)32-16-27(24)42-22/h1-4,15,19-20,22,24-25,27H,5-14,16-18H2,(H,31,33)(H,32,38)(H,34,37)/t22-,24+,25-,27+/m0/s1. The Morgan fingerprint density at radius 1 is 1.05 bits per heavy atom. The van der Waals surface area contributed by atoms with E-state index in [-0.39, 0.29) is 48.4 Å². The molecule has 4 atom stereocenters. The van der Waals surface area contributed by atoms with E-state index >= 15 is 0 Å². The lowest BCUT2D eigenvalue weighted by molar-refractivity contribution is -0.134. The highest BCUT2D eigenvalue weighted by molar-refractivity contribution is 6.00. The number of carbonyl (C=O) groups is 3. The highest BCUT2D eigenvalue weighted by Gasteiger charge is 2.39. The fraction of sp³-hybridized carbons (Fsp3) is 0.600. The Labute approximate surface area is 245 Å². The molecular formula is C30H40N6O6. The van der Waals surface area contributed by atoms with E-state index in [0.29, 0.717) is 76.6 Å². The van der Waals surface area contributed by atoms with Gasteiger partial charge in [0.2, 0.25) is 11.8 Å². The Balaban J connectivity index is 1.22. The average Bonchev–Trinajstić information content (AvgIpc) is 3.54. The first-order chi connectivity index (χ1) is 20.5. The number of carbonyl (C=O) groups excluding carboxylic acids is 3. The van der Waals surface area contributed by atoms with Gasteiger partial charge in [-0.25, -0.2) is 4.98 Å². The summed E-state index contributed by atoms with van der Waals surface area (Å²) in [6.45, 7) is 3.81. The van der Waals surface area contributed by atoms with E-state index in [4.69, 9.17) is 14.2 Å². The average molecular weight is 581 g/mol. The maximum atomic E-state index is 13.9. The summed E-state index contributed by atoms with van der Waals surface area (Å²) in [5, 5.41) is 6.31. The van der Waals surface area contributed by atoms with Gasteiger partial charge in [0.1, 0.15) is 11.8 Å². The number of H-pyrrole nitrogens is 1. The van der Waals surface area contributed by atoms with Crippen molar-refractivity contribution in [3.63, 3.8) is 0 Å². The van der Waals surface area contributed by atoms with E-state index in [2.05, 4.69) is 25.5 Å². The van der Waals surface area contributed by atoms with Gasteiger partial charge in [0, 0.05) is 70.2 Å². The smallest absolute Gasteiger partial charge is 0.258 e. The van der Waals surface area contributed by atoms with Gasteiger partial charge >= 0.3 is 0 Å². The molecule has 2 aromatic rings. The van der Waals surface area contributed by atoms with Crippen molar-refractivity contribution in [1.29, 1.82) is 0 Å². The third kappa shape index (κ3) is 6.61. The van der Waals surface area contributed by atoms with Crippen molar-refractivity contribution in [3.8, 4) is 5.75 Å². The fourth-order valence-electron chi connectivity index (χ4n) is 6.40. The first-order valence-electron chi connectivity index (χ1n) is 15.1. The second-order valence-electron chi connectivity index (χ2n) is 11.6. The lowest BCUT2D eigenvalue weighted by Crippen LogP contribution is -2.62. The van der Waals surface area contributed by atoms with Crippen molar-refractivity contribution in [2.24, 2.45) is 5.92 Å². The summed E-state index contributed by atoms with van der Waals surface area (Å²) >= 11 is 0. The zero-order chi connectivity index (χ0) is 28.9. The first-order valence-corrected chi connectivity index (χ1v) is 15.1. The molecular weight excluding hydrogens is 540 g/mol. The van der Waals surface area contributed by atoms with Gasteiger partial charge in [0.15, 0.2) is 0 Å². The van der Waals surface area contributed by atoms with E-state index in [1.165, 1.54) is 0 Å². The zero-order valence-electron chi connectivity index (χ0n) is 23.8. The van der Waals surface area contributed by atoms with Gasteiger partial charge in [-0.05, 0) is 37.8 Å². The molecule has 0 radical (unpaired) electrons. The summed E-state index contributed by atoms with van der Waals surface area (Å²) in [5.41, 5.74) is 1.40. The van der Waals surface area contributed by atoms with E-state index in [1.54, 1.807) is 29.6 Å². The molecule has 0 unspecified atom stereocenters. The summed E-state index contributed by atoms with van der Waals surface area (Å²) in [6, 6.07) is 6.30. The number of hydrogen-bond donors (Lipinski definition) is 3. The Bertz CT molecular complexity index is 1230. The van der Waals surface area contributed by atoms with E-state index < -0.39 is 6.04 Å². The molecule has 12 nitrogen and oxygen atoms in total. The number of rotatable bonds is 4. The number of hydrogen-bond acceptors (Lipinski definition) is 8. The van der Waals surface area contributed by atoms with Crippen molar-refractivity contribution in [2.45, 2.75) is 62.9 Å². The lowest BCUT2D eigenvalue weighted by Gasteiger charge is -2.42. The van der Waals surface area contributed by atoms with Gasteiger partial charge in [0.05, 0.1) is 36.7 Å². The molecule has 4 aliphatic heterocycles. The van der Waals surface area contributed by atoms with Crippen molar-refractivity contribution in [1.82, 2.24) is 30.4 Å². The normalized spacial score (nSPS) is 28.0. The van der Waals surface area contributed by atoms with Gasteiger partial charge in [-0.2, -0.15) is 0 Å². The molecule has 0 spiro atoms. The Morgan fingerprint density at radius 3 is 2.74 bits per heavy atom. The molecule has 3 fully saturated rings. The number of ether oxygens (including phenoxy) is 3. The number of imidazole rings is 1. The van der Waals surface area contributed by atoms with E-state index in [1.807, 2.05) is 12.1 Å². The molecule has 12 heteroatoms. The van der Waals surface area contributed by atoms with Crippen molar-refractivity contribution < 1.29 is 28.6 Å². The van der Waals surface area contributed by atoms with Crippen LogP contribution in [0, 0.1) is 5.92 Å². The van der Waals surface area contributed by atoms with Crippen LogP contribution in [0.2, 0.25) is 0 Å². The molecule has 3 saturated heterocycles. The van der Waals surface area contributed by atoms with Crippen molar-refractivity contribution in [3.05, 3.63) is 48.0 Å². The van der Waals surface area contributed by atoms with Crippen molar-refractivity contribution >= 4 is 17.7 Å². The second kappa shape index (κ2) is 13.2. The predicted octanol–water partition coefficient (Wildman–Crippen LogP) is 1.09. The molecule has 1 aromatic carbocycles. The van der Waals surface area contributed by atoms with Gasteiger partial charge in [-0.3, -0.25) is 19.3 Å². The number of aromatic amines is 1. The van der Waals surface area contributed by atoms with Crippen LogP contribution in [0.4, 0.5) is 0 Å². The quantitative estimate of drug-likeness (QED) is 0.489. The molecule has 3 N–H and O–H groups in total. The number of nitrogens with one attached hydrogen (secondary N) is 3. The SMILES string of the molecule is O=C(N[C@@H]1CC[C@H]2CCOc3ccccc3C(=O)N3CCN(Cc4cnc[nH]4)C[C@H]3C(=O)NC[C@H]1O2)C1CCOCC1. The minimum atomic E-state index is -0.708. The van der Waals surface area contributed by atoms with E-state index in [0.717, 1.165) is 18.5 Å². The molecule has 1 aromatic heterocycles. The number of benzene rings is 1. The Morgan fingerprint density at radius 2 is 1.90 bits per heavy atom. The van der Waals surface area contributed by atoms with Gasteiger partial charge < -0.3 is 34.7 Å². The molecule has 5 heterocycles. The summed E-state index contributed by atoms with van der Waals surface area (Å²) in [5.74, 6) is -0.00168. The predicted molar refractivity (Wildman–Crippen MR) is 152 cm³/mol. The number of fused-ring (bicyclic) bond motifs is 4. The molecule has 2 bridgehead atoms. The molecule has 0 aliphatic carbocycles. The number of nitrogens with zero attached hydrogens (tertiary/aromatic N) is 3. The van der Waals surface area contributed by atoms with Crippen LogP contribution in [0.25, 0.3) is 0 Å². The highest BCUT2D eigenvalue weighted by atomic mass is 16.5. The van der Waals surface area contributed by atoms with Crippen LogP contribution in [0.3, 0.4) is 0 Å².